The van der Waals surface area contributed by atoms with Crippen molar-refractivity contribution in [1.29, 1.82) is 5.26 Å². The summed E-state index contributed by atoms with van der Waals surface area (Å²) >= 11 is 0. The van der Waals surface area contributed by atoms with Crippen molar-refractivity contribution in [1.82, 2.24) is 5.32 Å². The molecule has 0 unspecified atom stereocenters. The normalized spacial score (nSPS) is 13.2. The molecular formula is C26H22N2O4. The number of hydrogen-bond donors (Lipinski definition) is 2. The summed E-state index contributed by atoms with van der Waals surface area (Å²) in [6, 6.07) is 22.7. The molecule has 1 aliphatic rings. The molecule has 4 rings (SSSR count). The highest BCUT2D eigenvalue weighted by Crippen LogP contribution is 2.38. The van der Waals surface area contributed by atoms with Crippen molar-refractivity contribution in [2.24, 2.45) is 0 Å². The molecule has 0 heterocycles. The zero-order valence-corrected chi connectivity index (χ0v) is 17.6. The number of benzene rings is 3. The van der Waals surface area contributed by atoms with E-state index in [-0.39, 0.29) is 13.0 Å². The van der Waals surface area contributed by atoms with Gasteiger partial charge in [-0.2, -0.15) is 5.26 Å². The van der Waals surface area contributed by atoms with Gasteiger partial charge in [-0.3, -0.25) is 0 Å². The van der Waals surface area contributed by atoms with Gasteiger partial charge in [0.05, 0.1) is 11.6 Å². The summed E-state index contributed by atoms with van der Waals surface area (Å²) in [7, 11) is 0. The van der Waals surface area contributed by atoms with Crippen LogP contribution >= 0.6 is 0 Å². The Morgan fingerprint density at radius 3 is 2.50 bits per heavy atom. The molecule has 0 aliphatic heterocycles. The summed E-state index contributed by atoms with van der Waals surface area (Å²) in [6.45, 7) is 1.49. The van der Waals surface area contributed by atoms with Gasteiger partial charge in [0.2, 0.25) is 0 Å². The minimum Gasteiger partial charge on any atom is -0.480 e. The molecule has 32 heavy (non-hydrogen) atoms. The number of rotatable bonds is 6. The number of amides is 1. The smallest absolute Gasteiger partial charge is 0.408 e. The minimum absolute atomic E-state index is 0.0512. The summed E-state index contributed by atoms with van der Waals surface area (Å²) in [5, 5.41) is 21.1. The molecule has 1 atom stereocenters. The van der Waals surface area contributed by atoms with Crippen LogP contribution < -0.4 is 5.32 Å². The fourth-order valence-electron chi connectivity index (χ4n) is 4.04. The van der Waals surface area contributed by atoms with Crippen LogP contribution in [0.4, 0.5) is 4.79 Å². The molecule has 2 N–H and O–H groups in total. The molecule has 6 nitrogen and oxygen atoms in total. The number of ether oxygens (including phenoxy) is 1. The average molecular weight is 426 g/mol. The number of carboxylic acid groups (broad SMARTS) is 1. The fourth-order valence-corrected chi connectivity index (χ4v) is 4.04. The molecule has 1 amide bonds. The van der Waals surface area contributed by atoms with E-state index in [1.165, 1.54) is 18.1 Å². The molecule has 0 saturated carbocycles. The zero-order valence-electron chi connectivity index (χ0n) is 17.6. The summed E-state index contributed by atoms with van der Waals surface area (Å²) in [5.41, 5.74) is 5.20. The number of aliphatic carboxylic acids is 1. The van der Waals surface area contributed by atoms with Gasteiger partial charge in [-0.1, -0.05) is 54.6 Å². The second-order valence-electron chi connectivity index (χ2n) is 8.10. The Labute approximate surface area is 186 Å². The third-order valence-corrected chi connectivity index (χ3v) is 5.80. The predicted octanol–water partition coefficient (Wildman–Crippen LogP) is 4.44. The van der Waals surface area contributed by atoms with Crippen molar-refractivity contribution in [3.05, 3.63) is 94.5 Å². The molecule has 160 valence electrons. The maximum absolute atomic E-state index is 12.5. The highest BCUT2D eigenvalue weighted by atomic mass is 16.5. The van der Waals surface area contributed by atoms with Crippen LogP contribution in [0.15, 0.2) is 66.7 Å². The van der Waals surface area contributed by atoms with E-state index < -0.39 is 17.6 Å². The van der Waals surface area contributed by atoms with E-state index in [9.17, 15) is 14.7 Å². The van der Waals surface area contributed by atoms with E-state index in [4.69, 9.17) is 10.00 Å². The van der Waals surface area contributed by atoms with Crippen LogP contribution in [0, 0.1) is 11.3 Å². The Balaban J connectivity index is 1.44. The van der Waals surface area contributed by atoms with Gasteiger partial charge in [0.25, 0.3) is 0 Å². The number of nitriles is 1. The van der Waals surface area contributed by atoms with Crippen LogP contribution in [0.25, 0.3) is 11.1 Å². The fraction of sp³-hybridized carbons (Fsp3) is 0.192. The molecule has 0 bridgehead atoms. The number of nitrogens with one attached hydrogen (secondary N) is 1. The topological polar surface area (TPSA) is 99.4 Å². The lowest BCUT2D eigenvalue weighted by atomic mass is 9.92. The van der Waals surface area contributed by atoms with Gasteiger partial charge in [-0.05, 0) is 58.9 Å². The Morgan fingerprint density at radius 2 is 1.78 bits per heavy atom. The van der Waals surface area contributed by atoms with Gasteiger partial charge < -0.3 is 15.2 Å². The number of alkyl carbamates (subject to hydrolysis) is 1. The number of fused-ring (bicyclic) bond motifs is 3. The lowest BCUT2D eigenvalue weighted by Crippen LogP contribution is -2.53. The summed E-state index contributed by atoms with van der Waals surface area (Å²) in [5.74, 6) is -1.17. The highest BCUT2D eigenvalue weighted by Gasteiger charge is 2.36. The van der Waals surface area contributed by atoms with Crippen molar-refractivity contribution in [3.63, 3.8) is 0 Å². The summed E-state index contributed by atoms with van der Waals surface area (Å²) in [6.07, 6.45) is 0.0360. The average Bonchev–Trinajstić information content (AvgIpc) is 3.17. The molecule has 6 heteroatoms. The number of carboxylic acids is 1. The van der Waals surface area contributed by atoms with Gasteiger partial charge in [-0.25, -0.2) is 9.59 Å². The van der Waals surface area contributed by atoms with Crippen LogP contribution in [0.1, 0.15) is 34.7 Å². The minimum atomic E-state index is -1.56. The maximum atomic E-state index is 12.5. The van der Waals surface area contributed by atoms with Crippen LogP contribution in [0.5, 0.6) is 0 Å². The molecule has 0 aromatic heterocycles. The van der Waals surface area contributed by atoms with E-state index in [0.717, 1.165) is 23.1 Å². The first-order valence-corrected chi connectivity index (χ1v) is 10.3. The Hall–Kier alpha value is -4.11. The van der Waals surface area contributed by atoms with Crippen LogP contribution in [0.3, 0.4) is 0 Å². The number of carbonyl (C=O) groups is 2. The summed E-state index contributed by atoms with van der Waals surface area (Å²) in [4.78, 5) is 24.4. The van der Waals surface area contributed by atoms with Crippen molar-refractivity contribution >= 4 is 12.1 Å². The molecule has 3 aromatic rings. The van der Waals surface area contributed by atoms with Gasteiger partial charge in [-0.15, -0.1) is 0 Å². The number of nitrogens with zero attached hydrogens (tertiary/aromatic N) is 1. The summed E-state index contributed by atoms with van der Waals surface area (Å²) < 4.78 is 5.42. The Bertz CT molecular complexity index is 1230. The standard InChI is InChI=1S/C26H22N2O4/c1-26(24(29)30,14-17-9-11-18(15-27)12-10-17)28-25(31)32-16-20-6-4-8-22-21-7-3-2-5-19(21)13-23(20)22/h2-12H,13-14,16H2,1H3,(H,28,31)(H,29,30)/t26-/m0/s1. The Morgan fingerprint density at radius 1 is 1.06 bits per heavy atom. The third-order valence-electron chi connectivity index (χ3n) is 5.80. The SMILES string of the molecule is C[C@@](Cc1ccc(C#N)cc1)(NC(=O)OCc1cccc2c1Cc1ccccc1-2)C(=O)O. The van der Waals surface area contributed by atoms with Gasteiger partial charge >= 0.3 is 12.1 Å². The quantitative estimate of drug-likeness (QED) is 0.475. The van der Waals surface area contributed by atoms with Crippen LogP contribution in [0.2, 0.25) is 0 Å². The lowest BCUT2D eigenvalue weighted by molar-refractivity contribution is -0.143. The third kappa shape index (κ3) is 4.19. The molecule has 0 saturated heterocycles. The molecule has 1 aliphatic carbocycles. The largest absolute Gasteiger partial charge is 0.480 e. The molecule has 0 radical (unpaired) electrons. The second-order valence-corrected chi connectivity index (χ2v) is 8.10. The highest BCUT2D eigenvalue weighted by molar-refractivity contribution is 5.84. The van der Waals surface area contributed by atoms with Crippen molar-refractivity contribution < 1.29 is 19.4 Å². The Kier molecular flexibility index (Phi) is 5.65. The molecule has 0 fully saturated rings. The van der Waals surface area contributed by atoms with Crippen LogP contribution in [-0.4, -0.2) is 22.7 Å². The van der Waals surface area contributed by atoms with E-state index in [2.05, 4.69) is 23.5 Å². The van der Waals surface area contributed by atoms with E-state index in [0.29, 0.717) is 11.1 Å². The second kappa shape index (κ2) is 8.56. The monoisotopic (exact) mass is 426 g/mol. The number of hydrogen-bond acceptors (Lipinski definition) is 4. The molecular weight excluding hydrogens is 404 g/mol. The lowest BCUT2D eigenvalue weighted by Gasteiger charge is -2.26. The predicted molar refractivity (Wildman–Crippen MR) is 119 cm³/mol. The van der Waals surface area contributed by atoms with Crippen molar-refractivity contribution in [3.8, 4) is 17.2 Å². The van der Waals surface area contributed by atoms with Gasteiger partial charge in [0.1, 0.15) is 12.1 Å². The van der Waals surface area contributed by atoms with E-state index >= 15 is 0 Å². The first-order chi connectivity index (χ1) is 15.4. The molecule has 0 spiro atoms. The first-order valence-electron chi connectivity index (χ1n) is 10.3. The molecule has 3 aromatic carbocycles. The zero-order chi connectivity index (χ0) is 22.7. The van der Waals surface area contributed by atoms with Crippen molar-refractivity contribution in [2.45, 2.75) is 31.9 Å². The van der Waals surface area contributed by atoms with Crippen LogP contribution in [-0.2, 0) is 29.0 Å². The van der Waals surface area contributed by atoms with E-state index in [1.54, 1.807) is 24.3 Å². The van der Waals surface area contributed by atoms with E-state index in [1.807, 2.05) is 30.3 Å². The first kappa shape index (κ1) is 21.1. The maximum Gasteiger partial charge on any atom is 0.408 e. The van der Waals surface area contributed by atoms with Gasteiger partial charge in [0, 0.05) is 6.42 Å². The van der Waals surface area contributed by atoms with Crippen molar-refractivity contribution in [2.75, 3.05) is 0 Å². The number of carbonyl (C=O) groups excluding carboxylic acids is 1. The van der Waals surface area contributed by atoms with Gasteiger partial charge in [0.15, 0.2) is 0 Å².